The quantitative estimate of drug-likeness (QED) is 0.351. The van der Waals surface area contributed by atoms with Crippen LogP contribution in [0.4, 0.5) is 5.69 Å². The molecule has 0 atom stereocenters. The number of hydrogen-bond donors (Lipinski definition) is 2. The van der Waals surface area contributed by atoms with Crippen molar-refractivity contribution in [1.82, 2.24) is 18.9 Å². The van der Waals surface area contributed by atoms with Gasteiger partial charge in [-0.05, 0) is 12.1 Å². The van der Waals surface area contributed by atoms with Crippen molar-refractivity contribution in [3.63, 3.8) is 0 Å². The second-order valence-corrected chi connectivity index (χ2v) is 7.35. The maximum atomic E-state index is 12.7. The molecule has 12 nitrogen and oxygen atoms in total. The minimum absolute atomic E-state index is 0.168. The van der Waals surface area contributed by atoms with E-state index in [9.17, 15) is 28.1 Å². The lowest BCUT2D eigenvalue weighted by Crippen LogP contribution is -2.36. The highest BCUT2D eigenvalue weighted by atomic mass is 32.2. The number of non-ortho nitro benzene ring substituents is 1. The standard InChI is InChI=1S/C17H11N5O7S/c23-16-13-15(19-14(18-13)10-4-2-1-3-5-10)21(17(24)20-16)30(27,28)29-12-8-6-11(7-9-12)22(25)26/h1-9H,(H,18,19)(H,20,23,24). The minimum Gasteiger partial charge on any atom is -0.366 e. The van der Waals surface area contributed by atoms with Gasteiger partial charge in [0, 0.05) is 17.7 Å². The van der Waals surface area contributed by atoms with Crippen molar-refractivity contribution in [2.75, 3.05) is 0 Å². The number of aromatic nitrogens is 4. The summed E-state index contributed by atoms with van der Waals surface area (Å²) < 4.78 is 30.6. The van der Waals surface area contributed by atoms with Gasteiger partial charge in [-0.15, -0.1) is 3.97 Å². The summed E-state index contributed by atoms with van der Waals surface area (Å²) in [5.41, 5.74) is -2.55. The van der Waals surface area contributed by atoms with E-state index in [-0.39, 0.29) is 26.8 Å². The average molecular weight is 429 g/mol. The number of H-pyrrole nitrogens is 2. The lowest BCUT2D eigenvalue weighted by Gasteiger charge is -2.08. The molecule has 2 heterocycles. The Morgan fingerprint density at radius 2 is 1.67 bits per heavy atom. The molecule has 0 bridgehead atoms. The highest BCUT2D eigenvalue weighted by molar-refractivity contribution is 7.85. The fourth-order valence-electron chi connectivity index (χ4n) is 2.70. The molecule has 0 aliphatic heterocycles. The first-order chi connectivity index (χ1) is 14.3. The van der Waals surface area contributed by atoms with Gasteiger partial charge in [-0.3, -0.25) is 19.9 Å². The van der Waals surface area contributed by atoms with Crippen molar-refractivity contribution < 1.29 is 17.5 Å². The molecule has 0 saturated heterocycles. The van der Waals surface area contributed by atoms with Crippen LogP contribution in [0.25, 0.3) is 22.6 Å². The van der Waals surface area contributed by atoms with E-state index >= 15 is 0 Å². The number of nitrogens with one attached hydrogen (secondary N) is 2. The molecule has 0 spiro atoms. The smallest absolute Gasteiger partial charge is 0.366 e. The van der Waals surface area contributed by atoms with E-state index in [4.69, 9.17) is 4.18 Å². The largest absolute Gasteiger partial charge is 0.419 e. The number of fused-ring (bicyclic) bond motifs is 1. The summed E-state index contributed by atoms with van der Waals surface area (Å²) >= 11 is 0. The van der Waals surface area contributed by atoms with E-state index in [2.05, 4.69) is 9.97 Å². The van der Waals surface area contributed by atoms with Gasteiger partial charge >= 0.3 is 16.0 Å². The lowest BCUT2D eigenvalue weighted by atomic mass is 10.2. The first-order valence-corrected chi connectivity index (χ1v) is 9.63. The summed E-state index contributed by atoms with van der Waals surface area (Å²) in [5, 5.41) is 10.7. The van der Waals surface area contributed by atoms with Crippen LogP contribution < -0.4 is 15.4 Å². The van der Waals surface area contributed by atoms with Crippen LogP contribution >= 0.6 is 0 Å². The molecular formula is C17H11N5O7S. The van der Waals surface area contributed by atoms with E-state index in [1.165, 1.54) is 0 Å². The molecule has 0 fully saturated rings. The second kappa shape index (κ2) is 6.97. The second-order valence-electron chi connectivity index (χ2n) is 5.97. The summed E-state index contributed by atoms with van der Waals surface area (Å²) in [6.45, 7) is 0. The lowest BCUT2D eigenvalue weighted by molar-refractivity contribution is -0.384. The molecule has 0 saturated carbocycles. The molecule has 0 radical (unpaired) electrons. The zero-order valence-electron chi connectivity index (χ0n) is 14.8. The summed E-state index contributed by atoms with van der Waals surface area (Å²) in [7, 11) is -4.81. The molecule has 4 aromatic rings. The molecule has 30 heavy (non-hydrogen) atoms. The van der Waals surface area contributed by atoms with Gasteiger partial charge in [0.15, 0.2) is 11.2 Å². The predicted octanol–water partition coefficient (Wildman–Crippen LogP) is 1.16. The molecule has 13 heteroatoms. The van der Waals surface area contributed by atoms with Gasteiger partial charge in [0.2, 0.25) is 0 Å². The molecule has 0 amide bonds. The number of imidazole rings is 1. The molecule has 4 rings (SSSR count). The van der Waals surface area contributed by atoms with E-state index in [1.54, 1.807) is 30.3 Å². The average Bonchev–Trinajstić information content (AvgIpc) is 3.14. The Morgan fingerprint density at radius 3 is 2.30 bits per heavy atom. The fraction of sp³-hybridized carbons (Fsp3) is 0. The Balaban J connectivity index is 1.84. The van der Waals surface area contributed by atoms with Gasteiger partial charge in [0.25, 0.3) is 11.2 Å². The molecule has 2 N–H and O–H groups in total. The molecule has 0 aliphatic rings. The fourth-order valence-corrected chi connectivity index (χ4v) is 3.72. The molecule has 2 aromatic carbocycles. The third-order valence-electron chi connectivity index (χ3n) is 4.03. The van der Waals surface area contributed by atoms with Crippen molar-refractivity contribution in [2.24, 2.45) is 0 Å². The minimum atomic E-state index is -4.81. The van der Waals surface area contributed by atoms with Gasteiger partial charge in [0.05, 0.1) is 4.92 Å². The molecule has 0 unspecified atom stereocenters. The van der Waals surface area contributed by atoms with Crippen molar-refractivity contribution >= 4 is 27.2 Å². The number of nitrogens with zero attached hydrogens (tertiary/aromatic N) is 3. The van der Waals surface area contributed by atoms with Crippen molar-refractivity contribution in [3.05, 3.63) is 85.5 Å². The highest BCUT2D eigenvalue weighted by Crippen LogP contribution is 2.21. The Morgan fingerprint density at radius 1 is 1.00 bits per heavy atom. The van der Waals surface area contributed by atoms with E-state index in [0.29, 0.717) is 5.56 Å². The van der Waals surface area contributed by atoms with Crippen LogP contribution in [0.3, 0.4) is 0 Å². The van der Waals surface area contributed by atoms with Crippen LogP contribution in [0.1, 0.15) is 0 Å². The zero-order chi connectivity index (χ0) is 21.5. The SMILES string of the molecule is O=c1[nH]c(=O)n(S(=O)(=O)Oc2ccc([N+](=O)[O-])cc2)c2nc(-c3ccccc3)[nH]c12. The van der Waals surface area contributed by atoms with Crippen molar-refractivity contribution in [3.8, 4) is 17.1 Å². The Labute approximate surface area is 166 Å². The first kappa shape index (κ1) is 19.1. The highest BCUT2D eigenvalue weighted by Gasteiger charge is 2.25. The Hall–Kier alpha value is -4.26. The van der Waals surface area contributed by atoms with Crippen LogP contribution in [0.5, 0.6) is 5.75 Å². The van der Waals surface area contributed by atoms with Gasteiger partial charge in [0.1, 0.15) is 11.6 Å². The number of hydrogen-bond acceptors (Lipinski definition) is 8. The third kappa shape index (κ3) is 3.33. The number of benzene rings is 2. The van der Waals surface area contributed by atoms with Crippen LogP contribution in [-0.2, 0) is 10.3 Å². The van der Waals surface area contributed by atoms with Gasteiger partial charge in [-0.25, -0.2) is 9.78 Å². The number of nitro groups is 1. The van der Waals surface area contributed by atoms with Gasteiger partial charge < -0.3 is 9.17 Å². The monoisotopic (exact) mass is 429 g/mol. The maximum absolute atomic E-state index is 12.7. The normalized spacial score (nSPS) is 11.5. The third-order valence-corrected chi connectivity index (χ3v) is 5.22. The molecule has 2 aromatic heterocycles. The van der Waals surface area contributed by atoms with Gasteiger partial charge in [-0.1, -0.05) is 30.3 Å². The van der Waals surface area contributed by atoms with Crippen molar-refractivity contribution in [2.45, 2.75) is 0 Å². The summed E-state index contributed by atoms with van der Waals surface area (Å²) in [6.07, 6.45) is 0. The number of aromatic amines is 2. The van der Waals surface area contributed by atoms with Gasteiger partial charge in [-0.2, -0.15) is 8.42 Å². The number of rotatable bonds is 5. The first-order valence-electron chi connectivity index (χ1n) is 8.26. The molecule has 152 valence electrons. The predicted molar refractivity (Wildman–Crippen MR) is 104 cm³/mol. The van der Waals surface area contributed by atoms with Crippen LogP contribution in [0.15, 0.2) is 64.2 Å². The van der Waals surface area contributed by atoms with Crippen LogP contribution in [0, 0.1) is 10.1 Å². The van der Waals surface area contributed by atoms with E-state index < -0.39 is 32.1 Å². The van der Waals surface area contributed by atoms with Crippen LogP contribution in [-0.4, -0.2) is 32.3 Å². The maximum Gasteiger partial charge on any atom is 0.419 e. The Bertz CT molecular complexity index is 1490. The van der Waals surface area contributed by atoms with E-state index in [1.807, 2.05) is 4.98 Å². The number of nitro benzene ring substituents is 1. The summed E-state index contributed by atoms with van der Waals surface area (Å²) in [5.74, 6) is -0.105. The molecule has 0 aliphatic carbocycles. The summed E-state index contributed by atoms with van der Waals surface area (Å²) in [4.78, 5) is 43.2. The van der Waals surface area contributed by atoms with Crippen LogP contribution in [0.2, 0.25) is 0 Å². The zero-order valence-corrected chi connectivity index (χ0v) is 15.6. The Kier molecular flexibility index (Phi) is 4.43. The van der Waals surface area contributed by atoms with Crippen molar-refractivity contribution in [1.29, 1.82) is 0 Å². The molecular weight excluding hydrogens is 418 g/mol. The summed E-state index contributed by atoms with van der Waals surface area (Å²) in [6, 6.07) is 12.7. The van der Waals surface area contributed by atoms with E-state index in [0.717, 1.165) is 24.3 Å². The topological polar surface area (TPSA) is 170 Å².